The molecule has 43 heavy (non-hydrogen) atoms. The lowest BCUT2D eigenvalue weighted by Gasteiger charge is -2.19. The molecule has 0 atom stereocenters. The number of anilines is 1. The number of pyridine rings is 2. The number of methoxy groups -OCH3 is 2. The highest BCUT2D eigenvalue weighted by molar-refractivity contribution is 6.06. The summed E-state index contributed by atoms with van der Waals surface area (Å²) in [6.07, 6.45) is 1.51. The summed E-state index contributed by atoms with van der Waals surface area (Å²) in [4.78, 5) is 37.9. The topological polar surface area (TPSA) is 104 Å². The van der Waals surface area contributed by atoms with Gasteiger partial charge in [0.2, 0.25) is 0 Å². The molecule has 1 amide bonds. The first-order valence-corrected chi connectivity index (χ1v) is 13.3. The number of aromatic nitrogens is 2. The Bertz CT molecular complexity index is 1830. The van der Waals surface area contributed by atoms with Crippen LogP contribution in [0.3, 0.4) is 0 Å². The van der Waals surface area contributed by atoms with Crippen LogP contribution in [0.4, 0.5) is 14.5 Å². The van der Waals surface area contributed by atoms with Gasteiger partial charge in [-0.1, -0.05) is 36.4 Å². The number of rotatable bonds is 11. The molecular weight excluding hydrogens is 558 g/mol. The molecule has 0 aliphatic carbocycles. The third-order valence-electron chi connectivity index (χ3n) is 6.73. The minimum absolute atomic E-state index is 0.0318. The van der Waals surface area contributed by atoms with Crippen LogP contribution in [0.25, 0.3) is 11.0 Å². The van der Waals surface area contributed by atoms with Gasteiger partial charge in [0.15, 0.2) is 5.65 Å². The lowest BCUT2D eigenvalue weighted by molar-refractivity contribution is 0.0898. The standard InChI is InChI=1S/C32H28F2N4O5/c1-41-24-13-11-22(27(16-24)42-2)18-36-29-25-9-6-14-35-30(25)38(43-19-20-7-4-3-5-8-20)32(40)28(29)31(39)37-17-21-10-12-23(33)15-26(21)34/h3-16,36H,17-19H2,1-2H3,(H,37,39). The Hall–Kier alpha value is -5.45. The van der Waals surface area contributed by atoms with Crippen LogP contribution >= 0.6 is 0 Å². The summed E-state index contributed by atoms with van der Waals surface area (Å²) in [5.74, 6) is -1.22. The molecule has 0 spiro atoms. The SMILES string of the molecule is COc1ccc(CNc2c(C(=O)NCc3ccc(F)cc3F)c(=O)n(OCc3ccccc3)c3ncccc23)c(OC)c1. The van der Waals surface area contributed by atoms with Gasteiger partial charge in [0, 0.05) is 47.9 Å². The molecule has 0 bridgehead atoms. The lowest BCUT2D eigenvalue weighted by Crippen LogP contribution is -2.37. The molecule has 2 heterocycles. The van der Waals surface area contributed by atoms with Crippen molar-refractivity contribution in [2.45, 2.75) is 19.7 Å². The Kier molecular flexibility index (Phi) is 8.80. The number of nitrogens with one attached hydrogen (secondary N) is 2. The van der Waals surface area contributed by atoms with Gasteiger partial charge in [0.25, 0.3) is 11.5 Å². The van der Waals surface area contributed by atoms with Crippen molar-refractivity contribution < 1.29 is 27.9 Å². The molecular formula is C32H28F2N4O5. The second-order valence-electron chi connectivity index (χ2n) is 9.43. The van der Waals surface area contributed by atoms with Crippen molar-refractivity contribution in [1.82, 2.24) is 15.0 Å². The maximum atomic E-state index is 14.3. The summed E-state index contributed by atoms with van der Waals surface area (Å²) in [6.45, 7) is -0.0888. The van der Waals surface area contributed by atoms with Gasteiger partial charge >= 0.3 is 0 Å². The Morgan fingerprint density at radius 2 is 1.70 bits per heavy atom. The largest absolute Gasteiger partial charge is 0.497 e. The molecule has 2 aromatic heterocycles. The molecule has 3 aromatic carbocycles. The van der Waals surface area contributed by atoms with Gasteiger partial charge in [-0.25, -0.2) is 13.8 Å². The highest BCUT2D eigenvalue weighted by Gasteiger charge is 2.25. The summed E-state index contributed by atoms with van der Waals surface area (Å²) in [5, 5.41) is 6.23. The van der Waals surface area contributed by atoms with E-state index in [1.807, 2.05) is 30.3 Å². The van der Waals surface area contributed by atoms with Crippen molar-refractivity contribution in [3.05, 3.63) is 129 Å². The fraction of sp³-hybridized carbons (Fsp3) is 0.156. The van der Waals surface area contributed by atoms with Crippen LogP contribution in [0.15, 0.2) is 89.9 Å². The Balaban J connectivity index is 1.57. The fourth-order valence-corrected chi connectivity index (χ4v) is 4.53. The smallest absolute Gasteiger partial charge is 0.300 e. The third-order valence-corrected chi connectivity index (χ3v) is 6.73. The molecule has 0 saturated heterocycles. The van der Waals surface area contributed by atoms with Gasteiger partial charge in [0.1, 0.15) is 35.3 Å². The first-order valence-electron chi connectivity index (χ1n) is 13.3. The van der Waals surface area contributed by atoms with Crippen LogP contribution in [0.5, 0.6) is 11.5 Å². The number of hydrogen-bond acceptors (Lipinski definition) is 7. The zero-order valence-corrected chi connectivity index (χ0v) is 23.4. The highest BCUT2D eigenvalue weighted by atomic mass is 19.1. The van der Waals surface area contributed by atoms with Gasteiger partial charge in [-0.15, -0.1) is 4.73 Å². The number of halogens is 2. The van der Waals surface area contributed by atoms with Crippen LogP contribution in [0.1, 0.15) is 27.0 Å². The molecule has 5 aromatic rings. The number of benzene rings is 3. The number of carbonyl (C=O) groups excluding carboxylic acids is 1. The summed E-state index contributed by atoms with van der Waals surface area (Å²) >= 11 is 0. The molecule has 0 saturated carbocycles. The Morgan fingerprint density at radius 3 is 2.44 bits per heavy atom. The molecule has 9 nitrogen and oxygen atoms in total. The summed E-state index contributed by atoms with van der Waals surface area (Å²) in [5.41, 5.74) is 0.910. The Morgan fingerprint density at radius 1 is 0.907 bits per heavy atom. The number of fused-ring (bicyclic) bond motifs is 1. The van der Waals surface area contributed by atoms with Crippen molar-refractivity contribution in [2.75, 3.05) is 19.5 Å². The minimum Gasteiger partial charge on any atom is -0.497 e. The van der Waals surface area contributed by atoms with Crippen LogP contribution < -0.4 is 30.5 Å². The fourth-order valence-electron chi connectivity index (χ4n) is 4.53. The molecule has 0 aliphatic heterocycles. The van der Waals surface area contributed by atoms with E-state index in [0.29, 0.717) is 16.9 Å². The summed E-state index contributed by atoms with van der Waals surface area (Å²) in [7, 11) is 3.07. The minimum atomic E-state index is -0.823. The zero-order valence-electron chi connectivity index (χ0n) is 23.4. The van der Waals surface area contributed by atoms with Gasteiger partial charge in [0.05, 0.1) is 19.9 Å². The molecule has 11 heteroatoms. The predicted molar refractivity (Wildman–Crippen MR) is 157 cm³/mol. The third kappa shape index (κ3) is 6.40. The van der Waals surface area contributed by atoms with E-state index in [1.54, 1.807) is 37.4 Å². The number of amides is 1. The van der Waals surface area contributed by atoms with E-state index in [-0.39, 0.29) is 42.2 Å². The number of nitrogens with zero attached hydrogens (tertiary/aromatic N) is 2. The second-order valence-corrected chi connectivity index (χ2v) is 9.43. The van der Waals surface area contributed by atoms with Crippen molar-refractivity contribution in [3.8, 4) is 11.5 Å². The summed E-state index contributed by atoms with van der Waals surface area (Å²) in [6, 6.07) is 20.9. The monoisotopic (exact) mass is 586 g/mol. The van der Waals surface area contributed by atoms with Crippen molar-refractivity contribution in [1.29, 1.82) is 0 Å². The van der Waals surface area contributed by atoms with Gasteiger partial charge in [-0.05, 0) is 35.9 Å². The van der Waals surface area contributed by atoms with Gasteiger partial charge in [-0.2, -0.15) is 0 Å². The van der Waals surface area contributed by atoms with Crippen LogP contribution in [-0.4, -0.2) is 29.8 Å². The van der Waals surface area contributed by atoms with Gasteiger partial charge in [-0.3, -0.25) is 9.59 Å². The van der Waals surface area contributed by atoms with Crippen molar-refractivity contribution >= 4 is 22.6 Å². The summed E-state index contributed by atoms with van der Waals surface area (Å²) < 4.78 is 39.5. The second kappa shape index (κ2) is 13.0. The Labute approximate surface area is 245 Å². The molecule has 0 radical (unpaired) electrons. The van der Waals surface area contributed by atoms with E-state index < -0.39 is 23.1 Å². The average molecular weight is 587 g/mol. The van der Waals surface area contributed by atoms with E-state index in [1.165, 1.54) is 19.4 Å². The maximum Gasteiger partial charge on any atom is 0.300 e. The van der Waals surface area contributed by atoms with Crippen LogP contribution in [-0.2, 0) is 19.7 Å². The highest BCUT2D eigenvalue weighted by Crippen LogP contribution is 2.28. The molecule has 220 valence electrons. The molecule has 0 fully saturated rings. The molecule has 0 aliphatic rings. The molecule has 2 N–H and O–H groups in total. The predicted octanol–water partition coefficient (Wildman–Crippen LogP) is 4.86. The zero-order chi connectivity index (χ0) is 30.3. The van der Waals surface area contributed by atoms with Crippen LogP contribution in [0.2, 0.25) is 0 Å². The van der Waals surface area contributed by atoms with Crippen molar-refractivity contribution in [2.24, 2.45) is 0 Å². The van der Waals surface area contributed by atoms with Gasteiger partial charge < -0.3 is 24.9 Å². The molecule has 0 unspecified atom stereocenters. The van der Waals surface area contributed by atoms with E-state index in [9.17, 15) is 18.4 Å². The number of ether oxygens (including phenoxy) is 2. The lowest BCUT2D eigenvalue weighted by atomic mass is 10.1. The normalized spacial score (nSPS) is 10.8. The average Bonchev–Trinajstić information content (AvgIpc) is 3.03. The van der Waals surface area contributed by atoms with Crippen molar-refractivity contribution in [3.63, 3.8) is 0 Å². The molecule has 5 rings (SSSR count). The maximum absolute atomic E-state index is 14.3. The first kappa shape index (κ1) is 29.1. The van der Waals surface area contributed by atoms with E-state index >= 15 is 0 Å². The van der Waals surface area contributed by atoms with Crippen LogP contribution in [0, 0.1) is 11.6 Å². The first-order chi connectivity index (χ1) is 20.9. The number of carbonyl (C=O) groups is 1. The number of hydrogen-bond donors (Lipinski definition) is 2. The van der Waals surface area contributed by atoms with E-state index in [2.05, 4.69) is 15.6 Å². The quantitative estimate of drug-likeness (QED) is 0.228. The van der Waals surface area contributed by atoms with E-state index in [0.717, 1.165) is 28.0 Å². The van der Waals surface area contributed by atoms with E-state index in [4.69, 9.17) is 14.3 Å².